The number of anilines is 1. The van der Waals surface area contributed by atoms with Crippen molar-refractivity contribution < 1.29 is 19.1 Å². The number of primary amides is 1. The number of fused-ring (bicyclic) bond motifs is 1. The van der Waals surface area contributed by atoms with Crippen LogP contribution in [0.2, 0.25) is 0 Å². The lowest BCUT2D eigenvalue weighted by molar-refractivity contribution is -0.121. The standard InChI is InChI=1S/C20H22N2O4/c1-13-7-8-14-5-3-4-6-17(14)22(13)19(23)12-26-18-10-9-15(25-2)11-16(18)20(21)24/h3-6,9-11,13H,7-8,12H2,1-2H3,(H2,21,24). The summed E-state index contributed by atoms with van der Waals surface area (Å²) >= 11 is 0. The summed E-state index contributed by atoms with van der Waals surface area (Å²) in [5, 5.41) is 0. The summed E-state index contributed by atoms with van der Waals surface area (Å²) in [5.41, 5.74) is 7.66. The molecule has 0 aliphatic carbocycles. The Labute approximate surface area is 152 Å². The molecule has 0 saturated heterocycles. The zero-order chi connectivity index (χ0) is 18.7. The fourth-order valence-electron chi connectivity index (χ4n) is 3.23. The molecule has 0 aromatic heterocycles. The first kappa shape index (κ1) is 17.8. The predicted octanol–water partition coefficient (Wildman–Crippen LogP) is 2.54. The molecule has 136 valence electrons. The summed E-state index contributed by atoms with van der Waals surface area (Å²) in [6.07, 6.45) is 1.85. The fraction of sp³-hybridized carbons (Fsp3) is 0.300. The number of hydrogen-bond acceptors (Lipinski definition) is 4. The van der Waals surface area contributed by atoms with Crippen LogP contribution in [-0.4, -0.2) is 31.6 Å². The number of nitrogens with zero attached hydrogens (tertiary/aromatic N) is 1. The van der Waals surface area contributed by atoms with Crippen LogP contribution in [0.1, 0.15) is 29.3 Å². The van der Waals surface area contributed by atoms with Crippen LogP contribution in [0, 0.1) is 0 Å². The molecule has 2 aromatic rings. The first-order valence-corrected chi connectivity index (χ1v) is 8.52. The molecule has 6 heteroatoms. The lowest BCUT2D eigenvalue weighted by atomic mass is 9.96. The van der Waals surface area contributed by atoms with Gasteiger partial charge in [-0.3, -0.25) is 9.59 Å². The molecular weight excluding hydrogens is 332 g/mol. The van der Waals surface area contributed by atoms with E-state index in [-0.39, 0.29) is 29.9 Å². The van der Waals surface area contributed by atoms with Gasteiger partial charge in [0.15, 0.2) is 6.61 Å². The van der Waals surface area contributed by atoms with Crippen LogP contribution in [0.25, 0.3) is 0 Å². The molecule has 0 saturated carbocycles. The normalized spacial score (nSPS) is 15.9. The number of hydrogen-bond donors (Lipinski definition) is 1. The minimum atomic E-state index is -0.636. The number of carbonyl (C=O) groups is 2. The number of benzene rings is 2. The zero-order valence-corrected chi connectivity index (χ0v) is 14.9. The number of nitrogens with two attached hydrogens (primary N) is 1. The molecule has 0 spiro atoms. The van der Waals surface area contributed by atoms with Crippen LogP contribution in [0.5, 0.6) is 11.5 Å². The van der Waals surface area contributed by atoms with E-state index in [2.05, 4.69) is 0 Å². The van der Waals surface area contributed by atoms with Gasteiger partial charge < -0.3 is 20.1 Å². The maximum atomic E-state index is 12.8. The van der Waals surface area contributed by atoms with Gasteiger partial charge in [-0.05, 0) is 49.6 Å². The van der Waals surface area contributed by atoms with E-state index in [9.17, 15) is 9.59 Å². The highest BCUT2D eigenvalue weighted by Crippen LogP contribution is 2.31. The number of amides is 2. The van der Waals surface area contributed by atoms with Gasteiger partial charge in [0.05, 0.1) is 12.7 Å². The maximum absolute atomic E-state index is 12.8. The Morgan fingerprint density at radius 3 is 2.73 bits per heavy atom. The van der Waals surface area contributed by atoms with Crippen molar-refractivity contribution in [2.75, 3.05) is 18.6 Å². The van der Waals surface area contributed by atoms with E-state index in [0.29, 0.717) is 5.75 Å². The minimum Gasteiger partial charge on any atom is -0.497 e. The topological polar surface area (TPSA) is 81.9 Å². The van der Waals surface area contributed by atoms with Gasteiger partial charge >= 0.3 is 0 Å². The highest BCUT2D eigenvalue weighted by atomic mass is 16.5. The molecule has 2 amide bonds. The molecule has 1 aliphatic rings. The lowest BCUT2D eigenvalue weighted by Gasteiger charge is -2.35. The number of methoxy groups -OCH3 is 1. The van der Waals surface area contributed by atoms with Crippen molar-refractivity contribution in [3.05, 3.63) is 53.6 Å². The Balaban J connectivity index is 1.78. The molecule has 1 unspecified atom stereocenters. The fourth-order valence-corrected chi connectivity index (χ4v) is 3.23. The molecule has 2 N–H and O–H groups in total. The van der Waals surface area contributed by atoms with Crippen molar-refractivity contribution in [2.45, 2.75) is 25.8 Å². The summed E-state index contributed by atoms with van der Waals surface area (Å²) in [6, 6.07) is 12.7. The second kappa shape index (κ2) is 7.47. The molecule has 6 nitrogen and oxygen atoms in total. The second-order valence-electron chi connectivity index (χ2n) is 6.30. The monoisotopic (exact) mass is 354 g/mol. The third kappa shape index (κ3) is 3.49. The second-order valence-corrected chi connectivity index (χ2v) is 6.30. The number of ether oxygens (including phenoxy) is 2. The van der Waals surface area contributed by atoms with Crippen molar-refractivity contribution in [1.29, 1.82) is 0 Å². The Bertz CT molecular complexity index is 834. The van der Waals surface area contributed by atoms with Crippen molar-refractivity contribution >= 4 is 17.5 Å². The van der Waals surface area contributed by atoms with Gasteiger partial charge in [0.25, 0.3) is 11.8 Å². The average molecular weight is 354 g/mol. The SMILES string of the molecule is COc1ccc(OCC(=O)N2c3ccccc3CCC2C)c(C(N)=O)c1. The number of rotatable bonds is 5. The molecular formula is C20H22N2O4. The van der Waals surface area contributed by atoms with E-state index in [1.165, 1.54) is 13.2 Å². The largest absolute Gasteiger partial charge is 0.497 e. The first-order chi connectivity index (χ1) is 12.5. The van der Waals surface area contributed by atoms with Crippen molar-refractivity contribution in [3.8, 4) is 11.5 Å². The Morgan fingerprint density at radius 1 is 1.23 bits per heavy atom. The van der Waals surface area contributed by atoms with E-state index in [1.807, 2.05) is 31.2 Å². The molecule has 0 bridgehead atoms. The molecule has 2 aromatic carbocycles. The summed E-state index contributed by atoms with van der Waals surface area (Å²) in [5.74, 6) is -0.0282. The van der Waals surface area contributed by atoms with Gasteiger partial charge in [0.1, 0.15) is 11.5 Å². The van der Waals surface area contributed by atoms with Crippen molar-refractivity contribution in [2.24, 2.45) is 5.73 Å². The maximum Gasteiger partial charge on any atom is 0.265 e. The number of aryl methyl sites for hydroxylation is 1. The lowest BCUT2D eigenvalue weighted by Crippen LogP contribution is -2.44. The van der Waals surface area contributed by atoms with Crippen LogP contribution < -0.4 is 20.1 Å². The summed E-state index contributed by atoms with van der Waals surface area (Å²) in [6.45, 7) is 1.85. The third-order valence-electron chi connectivity index (χ3n) is 4.60. The van der Waals surface area contributed by atoms with Gasteiger partial charge in [-0.15, -0.1) is 0 Å². The highest BCUT2D eigenvalue weighted by molar-refractivity contribution is 5.98. The summed E-state index contributed by atoms with van der Waals surface area (Å²) < 4.78 is 10.7. The van der Waals surface area contributed by atoms with E-state index >= 15 is 0 Å². The zero-order valence-electron chi connectivity index (χ0n) is 14.9. The van der Waals surface area contributed by atoms with E-state index < -0.39 is 5.91 Å². The molecule has 1 atom stereocenters. The number of carbonyl (C=O) groups excluding carboxylic acids is 2. The Hall–Kier alpha value is -3.02. The Kier molecular flexibility index (Phi) is 5.11. The smallest absolute Gasteiger partial charge is 0.265 e. The molecule has 1 heterocycles. The molecule has 1 aliphatic heterocycles. The summed E-state index contributed by atoms with van der Waals surface area (Å²) in [4.78, 5) is 26.2. The van der Waals surface area contributed by atoms with Crippen LogP contribution in [-0.2, 0) is 11.2 Å². The van der Waals surface area contributed by atoms with Crippen LogP contribution in [0.4, 0.5) is 5.69 Å². The predicted molar refractivity (Wildman–Crippen MR) is 98.7 cm³/mol. The molecule has 0 fully saturated rings. The molecule has 26 heavy (non-hydrogen) atoms. The van der Waals surface area contributed by atoms with E-state index in [0.717, 1.165) is 24.1 Å². The van der Waals surface area contributed by atoms with Gasteiger partial charge in [0, 0.05) is 11.7 Å². The first-order valence-electron chi connectivity index (χ1n) is 8.52. The molecule has 0 radical (unpaired) electrons. The quantitative estimate of drug-likeness (QED) is 0.895. The van der Waals surface area contributed by atoms with Gasteiger partial charge in [0.2, 0.25) is 0 Å². The van der Waals surface area contributed by atoms with Crippen molar-refractivity contribution in [3.63, 3.8) is 0 Å². The number of para-hydroxylation sites is 1. The van der Waals surface area contributed by atoms with Crippen LogP contribution in [0.3, 0.4) is 0 Å². The Morgan fingerprint density at radius 2 is 2.00 bits per heavy atom. The van der Waals surface area contributed by atoms with Crippen LogP contribution in [0.15, 0.2) is 42.5 Å². The van der Waals surface area contributed by atoms with E-state index in [1.54, 1.807) is 17.0 Å². The summed E-state index contributed by atoms with van der Waals surface area (Å²) in [7, 11) is 1.50. The van der Waals surface area contributed by atoms with Gasteiger partial charge in [-0.2, -0.15) is 0 Å². The average Bonchev–Trinajstić information content (AvgIpc) is 2.65. The van der Waals surface area contributed by atoms with Gasteiger partial charge in [-0.25, -0.2) is 0 Å². The minimum absolute atomic E-state index is 0.0903. The third-order valence-corrected chi connectivity index (χ3v) is 4.60. The van der Waals surface area contributed by atoms with Gasteiger partial charge in [-0.1, -0.05) is 18.2 Å². The molecule has 3 rings (SSSR count). The highest BCUT2D eigenvalue weighted by Gasteiger charge is 2.28. The van der Waals surface area contributed by atoms with Crippen molar-refractivity contribution in [1.82, 2.24) is 0 Å². The van der Waals surface area contributed by atoms with Crippen LogP contribution >= 0.6 is 0 Å². The van der Waals surface area contributed by atoms with E-state index in [4.69, 9.17) is 15.2 Å².